The summed E-state index contributed by atoms with van der Waals surface area (Å²) in [4.78, 5) is 12.7. The van der Waals surface area contributed by atoms with Gasteiger partial charge in [0.15, 0.2) is 11.5 Å². The van der Waals surface area contributed by atoms with Crippen LogP contribution in [0.3, 0.4) is 0 Å². The first kappa shape index (κ1) is 21.3. The number of aromatic nitrogens is 2. The number of hydrogen-bond acceptors (Lipinski definition) is 4. The Kier molecular flexibility index (Phi) is 6.34. The van der Waals surface area contributed by atoms with Gasteiger partial charge in [-0.05, 0) is 50.1 Å². The van der Waals surface area contributed by atoms with Gasteiger partial charge in [0.1, 0.15) is 0 Å². The molecule has 0 bridgehead atoms. The van der Waals surface area contributed by atoms with Crippen LogP contribution in [-0.4, -0.2) is 29.4 Å². The second-order valence-electron chi connectivity index (χ2n) is 6.83. The van der Waals surface area contributed by atoms with Gasteiger partial charge in [-0.15, -0.1) is 0 Å². The zero-order chi connectivity index (χ0) is 21.8. The Hall–Kier alpha value is -3.42. The Labute approximate surface area is 173 Å². The summed E-state index contributed by atoms with van der Waals surface area (Å²) in [5.74, 6) is -0.493. The molecule has 0 radical (unpaired) electrons. The Balaban J connectivity index is 1.82. The number of alkyl halides is 2. The Bertz CT molecular complexity index is 1060. The van der Waals surface area contributed by atoms with Crippen LogP contribution in [-0.2, 0) is 6.54 Å². The number of anilines is 1. The van der Waals surface area contributed by atoms with E-state index in [1.54, 1.807) is 0 Å². The summed E-state index contributed by atoms with van der Waals surface area (Å²) < 4.78 is 36.3. The van der Waals surface area contributed by atoms with Crippen LogP contribution in [0.2, 0.25) is 0 Å². The maximum Gasteiger partial charge on any atom is 0.387 e. The van der Waals surface area contributed by atoms with Gasteiger partial charge in [-0.25, -0.2) is 0 Å². The van der Waals surface area contributed by atoms with E-state index >= 15 is 0 Å². The van der Waals surface area contributed by atoms with Gasteiger partial charge < -0.3 is 14.8 Å². The van der Waals surface area contributed by atoms with Crippen LogP contribution >= 0.6 is 0 Å². The molecule has 158 valence electrons. The summed E-state index contributed by atoms with van der Waals surface area (Å²) in [5.41, 5.74) is 4.65. The molecule has 0 saturated carbocycles. The van der Waals surface area contributed by atoms with E-state index in [1.165, 1.54) is 25.3 Å². The fraction of sp³-hybridized carbons (Fsp3) is 0.273. The topological polar surface area (TPSA) is 65.4 Å². The highest BCUT2D eigenvalue weighted by atomic mass is 19.3. The van der Waals surface area contributed by atoms with Crippen LogP contribution in [0.15, 0.2) is 42.5 Å². The minimum Gasteiger partial charge on any atom is -0.493 e. The molecule has 2 aromatic carbocycles. The molecule has 0 atom stereocenters. The summed E-state index contributed by atoms with van der Waals surface area (Å²) in [6, 6.07) is 12.1. The average Bonchev–Trinajstić information content (AvgIpc) is 2.97. The predicted octanol–water partition coefficient (Wildman–Crippen LogP) is 4.72. The Morgan fingerprint density at radius 1 is 1.13 bits per heavy atom. The van der Waals surface area contributed by atoms with Gasteiger partial charge in [0.05, 0.1) is 30.7 Å². The van der Waals surface area contributed by atoms with Gasteiger partial charge in [-0.3, -0.25) is 9.48 Å². The highest BCUT2D eigenvalue weighted by Gasteiger charge is 2.18. The van der Waals surface area contributed by atoms with Crippen molar-refractivity contribution in [1.29, 1.82) is 0 Å². The summed E-state index contributed by atoms with van der Waals surface area (Å²) in [6.07, 6.45) is 0. The van der Waals surface area contributed by atoms with Gasteiger partial charge in [0, 0.05) is 5.56 Å². The minimum atomic E-state index is -2.98. The fourth-order valence-electron chi connectivity index (χ4n) is 3.17. The Morgan fingerprint density at radius 2 is 1.87 bits per heavy atom. The second-order valence-corrected chi connectivity index (χ2v) is 6.83. The van der Waals surface area contributed by atoms with E-state index < -0.39 is 12.5 Å². The van der Waals surface area contributed by atoms with Gasteiger partial charge in [0.25, 0.3) is 5.91 Å². The van der Waals surface area contributed by atoms with Crippen molar-refractivity contribution in [2.75, 3.05) is 12.4 Å². The van der Waals surface area contributed by atoms with Crippen molar-refractivity contribution in [3.63, 3.8) is 0 Å². The quantitative estimate of drug-likeness (QED) is 0.607. The molecule has 8 heteroatoms. The number of aryl methyl sites for hydroxylation is 2. The van der Waals surface area contributed by atoms with Gasteiger partial charge in [0.2, 0.25) is 0 Å². The van der Waals surface area contributed by atoms with Crippen LogP contribution in [0.25, 0.3) is 0 Å². The molecular formula is C22H23F2N3O3. The molecule has 3 aromatic rings. The molecule has 0 fully saturated rings. The number of ether oxygens (including phenoxy) is 2. The average molecular weight is 415 g/mol. The lowest BCUT2D eigenvalue weighted by atomic mass is 10.1. The fourth-order valence-corrected chi connectivity index (χ4v) is 3.17. The van der Waals surface area contributed by atoms with Crippen LogP contribution in [0.5, 0.6) is 11.5 Å². The van der Waals surface area contributed by atoms with Gasteiger partial charge >= 0.3 is 6.61 Å². The van der Waals surface area contributed by atoms with Gasteiger partial charge in [-0.2, -0.15) is 13.9 Å². The molecular weight excluding hydrogens is 392 g/mol. The third-order valence-corrected chi connectivity index (χ3v) is 4.84. The highest BCUT2D eigenvalue weighted by Crippen LogP contribution is 2.30. The standard InChI is InChI=1S/C22H23F2N3O3/c1-13-7-5-6-8-17(13)12-27-15(3)20(14(2)26-27)25-21(28)16-9-10-18(30-22(23)24)19(11-16)29-4/h5-11,22H,12H2,1-4H3,(H,25,28). The first-order valence-corrected chi connectivity index (χ1v) is 9.33. The molecule has 3 rings (SSSR count). The molecule has 0 aliphatic rings. The number of hydrogen-bond donors (Lipinski definition) is 1. The smallest absolute Gasteiger partial charge is 0.387 e. The molecule has 6 nitrogen and oxygen atoms in total. The van der Waals surface area contributed by atoms with Crippen molar-refractivity contribution in [2.45, 2.75) is 33.9 Å². The first-order valence-electron chi connectivity index (χ1n) is 9.33. The van der Waals surface area contributed by atoms with E-state index in [9.17, 15) is 13.6 Å². The van der Waals surface area contributed by atoms with Crippen LogP contribution in [0.1, 0.15) is 32.9 Å². The lowest BCUT2D eigenvalue weighted by Crippen LogP contribution is -2.14. The highest BCUT2D eigenvalue weighted by molar-refractivity contribution is 6.05. The maximum absolute atomic E-state index is 12.7. The lowest BCUT2D eigenvalue weighted by molar-refractivity contribution is -0.0512. The van der Waals surface area contributed by atoms with E-state index in [-0.39, 0.29) is 17.1 Å². The number of amides is 1. The maximum atomic E-state index is 12.7. The molecule has 30 heavy (non-hydrogen) atoms. The van der Waals surface area contributed by atoms with E-state index in [1.807, 2.05) is 49.7 Å². The molecule has 1 amide bonds. The van der Waals surface area contributed by atoms with Crippen LogP contribution < -0.4 is 14.8 Å². The number of rotatable bonds is 7. The number of carbonyl (C=O) groups excluding carboxylic acids is 1. The number of carbonyl (C=O) groups is 1. The molecule has 0 aliphatic carbocycles. The third-order valence-electron chi connectivity index (χ3n) is 4.84. The number of halogens is 2. The summed E-state index contributed by atoms with van der Waals surface area (Å²) in [6.45, 7) is 3.34. The van der Waals surface area contributed by atoms with Crippen molar-refractivity contribution in [3.8, 4) is 11.5 Å². The predicted molar refractivity (Wildman–Crippen MR) is 110 cm³/mol. The van der Waals surface area contributed by atoms with Crippen molar-refractivity contribution in [1.82, 2.24) is 9.78 Å². The normalized spacial score (nSPS) is 10.9. The van der Waals surface area contributed by atoms with Crippen LogP contribution in [0, 0.1) is 20.8 Å². The van der Waals surface area contributed by atoms with E-state index in [0.29, 0.717) is 17.9 Å². The molecule has 0 saturated heterocycles. The SMILES string of the molecule is COc1cc(C(=O)Nc2c(C)nn(Cc3ccccc3C)c2C)ccc1OC(F)F. The van der Waals surface area contributed by atoms with Gasteiger partial charge in [-0.1, -0.05) is 24.3 Å². The van der Waals surface area contributed by atoms with Crippen molar-refractivity contribution < 1.29 is 23.0 Å². The van der Waals surface area contributed by atoms with Crippen molar-refractivity contribution >= 4 is 11.6 Å². The molecule has 1 N–H and O–H groups in total. The van der Waals surface area contributed by atoms with E-state index in [0.717, 1.165) is 16.8 Å². The largest absolute Gasteiger partial charge is 0.493 e. The monoisotopic (exact) mass is 415 g/mol. The molecule has 0 aliphatic heterocycles. The zero-order valence-electron chi connectivity index (χ0n) is 17.2. The third kappa shape index (κ3) is 4.59. The van der Waals surface area contributed by atoms with Crippen LogP contribution in [0.4, 0.5) is 14.5 Å². The van der Waals surface area contributed by atoms with E-state index in [4.69, 9.17) is 4.74 Å². The van der Waals surface area contributed by atoms with Crippen molar-refractivity contribution in [3.05, 3.63) is 70.5 Å². The zero-order valence-corrected chi connectivity index (χ0v) is 17.2. The minimum absolute atomic E-state index is 0.0478. The molecule has 1 aromatic heterocycles. The molecule has 0 unspecified atom stereocenters. The number of benzene rings is 2. The second kappa shape index (κ2) is 8.94. The lowest BCUT2D eigenvalue weighted by Gasteiger charge is -2.12. The number of nitrogens with zero attached hydrogens (tertiary/aromatic N) is 2. The van der Waals surface area contributed by atoms with Crippen molar-refractivity contribution in [2.24, 2.45) is 0 Å². The first-order chi connectivity index (χ1) is 14.3. The molecule has 0 spiro atoms. The van der Waals surface area contributed by atoms with E-state index in [2.05, 4.69) is 15.2 Å². The number of nitrogens with one attached hydrogen (secondary N) is 1. The Morgan fingerprint density at radius 3 is 2.53 bits per heavy atom. The summed E-state index contributed by atoms with van der Waals surface area (Å²) >= 11 is 0. The number of methoxy groups -OCH3 is 1. The molecule has 1 heterocycles. The summed E-state index contributed by atoms with van der Waals surface area (Å²) in [5, 5.41) is 7.41. The summed E-state index contributed by atoms with van der Waals surface area (Å²) in [7, 11) is 1.32.